The summed E-state index contributed by atoms with van der Waals surface area (Å²) in [6.45, 7) is 1.98. The molecule has 0 bridgehead atoms. The number of fused-ring (bicyclic) bond motifs is 1. The van der Waals surface area contributed by atoms with Crippen LogP contribution in [0.3, 0.4) is 0 Å². The molecule has 1 heterocycles. The van der Waals surface area contributed by atoms with Crippen LogP contribution < -0.4 is 5.73 Å². The highest BCUT2D eigenvalue weighted by molar-refractivity contribution is 6.00. The van der Waals surface area contributed by atoms with Crippen molar-refractivity contribution < 1.29 is 4.79 Å². The summed E-state index contributed by atoms with van der Waals surface area (Å²) >= 11 is 0. The van der Waals surface area contributed by atoms with Crippen molar-refractivity contribution in [3.05, 3.63) is 29.6 Å². The number of ketones is 1. The summed E-state index contributed by atoms with van der Waals surface area (Å²) in [7, 11) is 1.93. The number of carbonyl (C=O) groups is 1. The SMILES string of the molecule is Cc1nc2ccc(C(=O)CN)cc2n1C. The summed E-state index contributed by atoms with van der Waals surface area (Å²) in [4.78, 5) is 15.8. The summed E-state index contributed by atoms with van der Waals surface area (Å²) < 4.78 is 1.96. The molecule has 0 saturated heterocycles. The van der Waals surface area contributed by atoms with Crippen molar-refractivity contribution in [1.29, 1.82) is 0 Å². The van der Waals surface area contributed by atoms with Gasteiger partial charge in [0.15, 0.2) is 5.78 Å². The molecule has 78 valence electrons. The third-order valence-electron chi connectivity index (χ3n) is 2.61. The molecule has 2 rings (SSSR count). The van der Waals surface area contributed by atoms with Crippen LogP contribution in [0.1, 0.15) is 16.2 Å². The lowest BCUT2D eigenvalue weighted by Crippen LogP contribution is -2.13. The largest absolute Gasteiger partial charge is 0.331 e. The fourth-order valence-electron chi connectivity index (χ4n) is 1.60. The lowest BCUT2D eigenvalue weighted by molar-refractivity contribution is 0.100. The molecule has 15 heavy (non-hydrogen) atoms. The summed E-state index contributed by atoms with van der Waals surface area (Å²) in [5.41, 5.74) is 7.84. The molecule has 0 unspecified atom stereocenters. The van der Waals surface area contributed by atoms with Crippen LogP contribution in [0.25, 0.3) is 11.0 Å². The average molecular weight is 203 g/mol. The lowest BCUT2D eigenvalue weighted by atomic mass is 10.1. The van der Waals surface area contributed by atoms with Crippen LogP contribution in [0, 0.1) is 6.92 Å². The number of aryl methyl sites for hydroxylation is 2. The van der Waals surface area contributed by atoms with Gasteiger partial charge in [0.05, 0.1) is 17.6 Å². The van der Waals surface area contributed by atoms with E-state index >= 15 is 0 Å². The van der Waals surface area contributed by atoms with Gasteiger partial charge in [0, 0.05) is 12.6 Å². The van der Waals surface area contributed by atoms with Gasteiger partial charge >= 0.3 is 0 Å². The first-order valence-electron chi connectivity index (χ1n) is 4.80. The van der Waals surface area contributed by atoms with Gasteiger partial charge in [0.2, 0.25) is 0 Å². The number of hydrogen-bond donors (Lipinski definition) is 1. The van der Waals surface area contributed by atoms with Gasteiger partial charge in [-0.2, -0.15) is 0 Å². The second-order valence-corrected chi connectivity index (χ2v) is 3.55. The Bertz CT molecular complexity index is 528. The molecule has 0 amide bonds. The number of rotatable bonds is 2. The highest BCUT2D eigenvalue weighted by atomic mass is 16.1. The van der Waals surface area contributed by atoms with E-state index in [0.717, 1.165) is 16.9 Å². The van der Waals surface area contributed by atoms with Gasteiger partial charge in [-0.1, -0.05) is 0 Å². The number of aromatic nitrogens is 2. The number of hydrogen-bond acceptors (Lipinski definition) is 3. The molecule has 2 aromatic rings. The number of carbonyl (C=O) groups excluding carboxylic acids is 1. The summed E-state index contributed by atoms with van der Waals surface area (Å²) in [6, 6.07) is 5.46. The van der Waals surface area contributed by atoms with Crippen molar-refractivity contribution in [3.63, 3.8) is 0 Å². The van der Waals surface area contributed by atoms with E-state index < -0.39 is 0 Å². The molecule has 1 aromatic carbocycles. The van der Waals surface area contributed by atoms with Crippen molar-refractivity contribution in [1.82, 2.24) is 9.55 Å². The molecular weight excluding hydrogens is 190 g/mol. The van der Waals surface area contributed by atoms with E-state index in [1.165, 1.54) is 0 Å². The van der Waals surface area contributed by atoms with Crippen molar-refractivity contribution in [3.8, 4) is 0 Å². The molecule has 4 nitrogen and oxygen atoms in total. The Kier molecular flexibility index (Phi) is 2.28. The van der Waals surface area contributed by atoms with E-state index in [1.54, 1.807) is 6.07 Å². The lowest BCUT2D eigenvalue weighted by Gasteiger charge is -1.99. The normalized spacial score (nSPS) is 10.9. The van der Waals surface area contributed by atoms with Crippen LogP contribution in [0.15, 0.2) is 18.2 Å². The maximum Gasteiger partial charge on any atom is 0.176 e. The van der Waals surface area contributed by atoms with E-state index in [1.807, 2.05) is 30.7 Å². The predicted molar refractivity (Wildman–Crippen MR) is 58.8 cm³/mol. The van der Waals surface area contributed by atoms with Crippen molar-refractivity contribution in [2.45, 2.75) is 6.92 Å². The highest BCUT2D eigenvalue weighted by Crippen LogP contribution is 2.16. The fraction of sp³-hybridized carbons (Fsp3) is 0.273. The Balaban J connectivity index is 2.64. The zero-order valence-electron chi connectivity index (χ0n) is 8.82. The van der Waals surface area contributed by atoms with Gasteiger partial charge in [-0.05, 0) is 25.1 Å². The van der Waals surface area contributed by atoms with Gasteiger partial charge in [0.1, 0.15) is 5.82 Å². The Morgan fingerprint density at radius 1 is 1.53 bits per heavy atom. The van der Waals surface area contributed by atoms with E-state index in [0.29, 0.717) is 5.56 Å². The topological polar surface area (TPSA) is 60.9 Å². The van der Waals surface area contributed by atoms with Crippen molar-refractivity contribution >= 4 is 16.8 Å². The van der Waals surface area contributed by atoms with E-state index in [4.69, 9.17) is 5.73 Å². The Morgan fingerprint density at radius 3 is 2.93 bits per heavy atom. The van der Waals surface area contributed by atoms with Crippen LogP contribution in [0.4, 0.5) is 0 Å². The van der Waals surface area contributed by atoms with Crippen LogP contribution in [0.2, 0.25) is 0 Å². The van der Waals surface area contributed by atoms with Crippen LogP contribution in [-0.2, 0) is 7.05 Å². The standard InChI is InChI=1S/C11H13N3O/c1-7-13-9-4-3-8(11(15)6-12)5-10(9)14(7)2/h3-5H,6,12H2,1-2H3. The van der Waals surface area contributed by atoms with Gasteiger partial charge in [-0.3, -0.25) is 4.79 Å². The minimum Gasteiger partial charge on any atom is -0.331 e. The number of imidazole rings is 1. The molecule has 0 aliphatic rings. The summed E-state index contributed by atoms with van der Waals surface area (Å²) in [5, 5.41) is 0. The van der Waals surface area contributed by atoms with Gasteiger partial charge in [-0.25, -0.2) is 4.98 Å². The Labute approximate surface area is 87.7 Å². The number of benzene rings is 1. The molecule has 0 spiro atoms. The first-order chi connectivity index (χ1) is 7.13. The van der Waals surface area contributed by atoms with Gasteiger partial charge in [0.25, 0.3) is 0 Å². The smallest absolute Gasteiger partial charge is 0.176 e. The van der Waals surface area contributed by atoms with Crippen molar-refractivity contribution in [2.24, 2.45) is 12.8 Å². The van der Waals surface area contributed by atoms with Crippen LogP contribution in [-0.4, -0.2) is 21.9 Å². The Hall–Kier alpha value is -1.68. The minimum atomic E-state index is -0.0456. The van der Waals surface area contributed by atoms with E-state index in [-0.39, 0.29) is 12.3 Å². The summed E-state index contributed by atoms with van der Waals surface area (Å²) in [6.07, 6.45) is 0. The number of nitrogens with zero attached hydrogens (tertiary/aromatic N) is 2. The predicted octanol–water partition coefficient (Wildman–Crippen LogP) is 1.02. The third-order valence-corrected chi connectivity index (χ3v) is 2.61. The average Bonchev–Trinajstić information content (AvgIpc) is 2.54. The van der Waals surface area contributed by atoms with Gasteiger partial charge < -0.3 is 10.3 Å². The number of nitrogens with two attached hydrogens (primary N) is 1. The van der Waals surface area contributed by atoms with Crippen molar-refractivity contribution in [2.75, 3.05) is 6.54 Å². The second-order valence-electron chi connectivity index (χ2n) is 3.55. The zero-order chi connectivity index (χ0) is 11.0. The fourth-order valence-corrected chi connectivity index (χ4v) is 1.60. The third kappa shape index (κ3) is 1.53. The quantitative estimate of drug-likeness (QED) is 0.741. The molecule has 0 aliphatic heterocycles. The molecule has 0 atom stereocenters. The second kappa shape index (κ2) is 3.47. The first kappa shape index (κ1) is 9.86. The van der Waals surface area contributed by atoms with E-state index in [2.05, 4.69) is 4.98 Å². The molecule has 2 N–H and O–H groups in total. The molecule has 0 fully saturated rings. The molecule has 1 aromatic heterocycles. The highest BCUT2D eigenvalue weighted by Gasteiger charge is 2.08. The van der Waals surface area contributed by atoms with Gasteiger partial charge in [-0.15, -0.1) is 0 Å². The monoisotopic (exact) mass is 203 g/mol. The molecule has 0 saturated carbocycles. The molecular formula is C11H13N3O. The summed E-state index contributed by atoms with van der Waals surface area (Å²) in [5.74, 6) is 0.887. The minimum absolute atomic E-state index is 0.0440. The van der Waals surface area contributed by atoms with Crippen LogP contribution in [0.5, 0.6) is 0 Å². The van der Waals surface area contributed by atoms with E-state index in [9.17, 15) is 4.79 Å². The maximum absolute atomic E-state index is 11.4. The number of Topliss-reactive ketones (excluding diaryl/α,β-unsaturated/α-hetero) is 1. The molecule has 0 aliphatic carbocycles. The molecule has 0 radical (unpaired) electrons. The zero-order valence-corrected chi connectivity index (χ0v) is 8.82. The molecule has 4 heteroatoms. The first-order valence-corrected chi connectivity index (χ1v) is 4.80. The van der Waals surface area contributed by atoms with Crippen LogP contribution >= 0.6 is 0 Å². The Morgan fingerprint density at radius 2 is 2.27 bits per heavy atom. The maximum atomic E-state index is 11.4.